The number of benzene rings is 3. The number of hydrogen-bond acceptors (Lipinski definition) is 3. The van der Waals surface area contributed by atoms with Crippen molar-refractivity contribution in [2.24, 2.45) is 0 Å². The number of nitrogens with one attached hydrogen (secondary N) is 1. The molecule has 3 aromatic carbocycles. The summed E-state index contributed by atoms with van der Waals surface area (Å²) >= 11 is 0. The van der Waals surface area contributed by atoms with Gasteiger partial charge in [0.2, 0.25) is 0 Å². The van der Waals surface area contributed by atoms with Crippen molar-refractivity contribution in [2.45, 2.75) is 45.3 Å². The molecule has 1 aliphatic carbocycles. The summed E-state index contributed by atoms with van der Waals surface area (Å²) in [4.78, 5) is 14.9. The maximum absolute atomic E-state index is 13.1. The van der Waals surface area contributed by atoms with Crippen molar-refractivity contribution >= 4 is 6.09 Å². The lowest BCUT2D eigenvalue weighted by Crippen LogP contribution is -2.37. The van der Waals surface area contributed by atoms with Gasteiger partial charge in [0, 0.05) is 31.6 Å². The minimum atomic E-state index is -0.218. The predicted molar refractivity (Wildman–Crippen MR) is 128 cm³/mol. The maximum atomic E-state index is 13.1. The number of ether oxygens (including phenoxy) is 1. The molecule has 4 heteroatoms. The third-order valence-corrected chi connectivity index (χ3v) is 6.67. The standard InChI is InChI=1S/C28H30N2O2/c1-19(2)29-16-21-9-7-8-20-14-15-30(17-26(20)21)28(31)32-18-27-24-12-5-3-10-22(24)23-11-4-6-13-25(23)27/h3-13,19,27,29H,14-18H2,1-2H3. The summed E-state index contributed by atoms with van der Waals surface area (Å²) < 4.78 is 5.90. The zero-order valence-corrected chi connectivity index (χ0v) is 18.8. The van der Waals surface area contributed by atoms with E-state index in [4.69, 9.17) is 4.74 Å². The quantitative estimate of drug-likeness (QED) is 0.586. The molecule has 0 bridgehead atoms. The lowest BCUT2D eigenvalue weighted by molar-refractivity contribution is 0.0952. The average molecular weight is 427 g/mol. The molecule has 1 N–H and O–H groups in total. The van der Waals surface area contributed by atoms with Crippen LogP contribution in [0.4, 0.5) is 4.79 Å². The molecule has 32 heavy (non-hydrogen) atoms. The van der Waals surface area contributed by atoms with Crippen molar-refractivity contribution in [3.63, 3.8) is 0 Å². The fraction of sp³-hybridized carbons (Fsp3) is 0.321. The van der Waals surface area contributed by atoms with Crippen LogP contribution in [0.15, 0.2) is 66.7 Å². The van der Waals surface area contributed by atoms with Gasteiger partial charge < -0.3 is 15.0 Å². The van der Waals surface area contributed by atoms with Crippen LogP contribution in [0, 0.1) is 0 Å². The van der Waals surface area contributed by atoms with Gasteiger partial charge in [-0.05, 0) is 45.4 Å². The van der Waals surface area contributed by atoms with Crippen LogP contribution in [-0.4, -0.2) is 30.2 Å². The van der Waals surface area contributed by atoms with Gasteiger partial charge in [-0.2, -0.15) is 0 Å². The molecule has 5 rings (SSSR count). The lowest BCUT2D eigenvalue weighted by Gasteiger charge is -2.30. The zero-order valence-electron chi connectivity index (χ0n) is 18.8. The van der Waals surface area contributed by atoms with Crippen molar-refractivity contribution in [3.8, 4) is 11.1 Å². The minimum Gasteiger partial charge on any atom is -0.448 e. The molecule has 0 aromatic heterocycles. The van der Waals surface area contributed by atoms with E-state index >= 15 is 0 Å². The van der Waals surface area contributed by atoms with Gasteiger partial charge in [-0.3, -0.25) is 0 Å². The zero-order chi connectivity index (χ0) is 22.1. The predicted octanol–water partition coefficient (Wildman–Crippen LogP) is 5.49. The van der Waals surface area contributed by atoms with Gasteiger partial charge in [-0.25, -0.2) is 4.79 Å². The molecule has 2 aliphatic rings. The van der Waals surface area contributed by atoms with Crippen LogP contribution in [-0.2, 0) is 24.2 Å². The number of nitrogens with zero attached hydrogens (tertiary/aromatic N) is 1. The van der Waals surface area contributed by atoms with Crippen molar-refractivity contribution in [1.82, 2.24) is 10.2 Å². The highest BCUT2D eigenvalue weighted by molar-refractivity contribution is 5.79. The summed E-state index contributed by atoms with van der Waals surface area (Å²) in [5.41, 5.74) is 8.86. The Labute approximate surface area is 190 Å². The van der Waals surface area contributed by atoms with Crippen molar-refractivity contribution in [1.29, 1.82) is 0 Å². The molecule has 4 nitrogen and oxygen atoms in total. The molecular weight excluding hydrogens is 396 g/mol. The second kappa shape index (κ2) is 8.79. The van der Waals surface area contributed by atoms with Crippen molar-refractivity contribution in [2.75, 3.05) is 13.2 Å². The number of hydrogen-bond donors (Lipinski definition) is 1. The fourth-order valence-corrected chi connectivity index (χ4v) is 4.97. The topological polar surface area (TPSA) is 41.6 Å². The van der Waals surface area contributed by atoms with E-state index in [0.717, 1.165) is 13.0 Å². The monoisotopic (exact) mass is 426 g/mol. The molecule has 1 aliphatic heterocycles. The Balaban J connectivity index is 1.29. The maximum Gasteiger partial charge on any atom is 0.410 e. The smallest absolute Gasteiger partial charge is 0.410 e. The van der Waals surface area contributed by atoms with Gasteiger partial charge in [0.25, 0.3) is 0 Å². The lowest BCUT2D eigenvalue weighted by atomic mass is 9.95. The molecule has 0 radical (unpaired) electrons. The Bertz CT molecular complexity index is 1090. The van der Waals surface area contributed by atoms with Gasteiger partial charge in [-0.15, -0.1) is 0 Å². The Kier molecular flexibility index (Phi) is 5.71. The molecule has 0 saturated heterocycles. The first-order valence-electron chi connectivity index (χ1n) is 11.5. The summed E-state index contributed by atoms with van der Waals surface area (Å²) in [7, 11) is 0. The van der Waals surface area contributed by atoms with Gasteiger partial charge in [0.05, 0.1) is 0 Å². The average Bonchev–Trinajstić information content (AvgIpc) is 3.14. The molecule has 164 valence electrons. The van der Waals surface area contributed by atoms with E-state index in [0.29, 0.717) is 25.7 Å². The first-order chi connectivity index (χ1) is 15.6. The SMILES string of the molecule is CC(C)NCc1cccc2c1CN(C(=O)OCC1c3ccccc3-c3ccccc31)CC2. The largest absolute Gasteiger partial charge is 0.448 e. The third-order valence-electron chi connectivity index (χ3n) is 6.67. The van der Waals surface area contributed by atoms with E-state index in [2.05, 4.69) is 85.9 Å². The number of carbonyl (C=O) groups is 1. The van der Waals surface area contributed by atoms with Crippen LogP contribution in [0.3, 0.4) is 0 Å². The van der Waals surface area contributed by atoms with Crippen molar-refractivity contribution in [3.05, 3.63) is 94.5 Å². The van der Waals surface area contributed by atoms with E-state index in [1.807, 2.05) is 4.90 Å². The Hall–Kier alpha value is -3.11. The minimum absolute atomic E-state index is 0.0919. The van der Waals surface area contributed by atoms with E-state index in [-0.39, 0.29) is 12.0 Å². The number of fused-ring (bicyclic) bond motifs is 4. The van der Waals surface area contributed by atoms with E-state index in [1.165, 1.54) is 38.9 Å². The summed E-state index contributed by atoms with van der Waals surface area (Å²) in [5.74, 6) is 0.0919. The van der Waals surface area contributed by atoms with Gasteiger partial charge in [0.1, 0.15) is 6.61 Å². The molecule has 0 spiro atoms. The molecule has 0 saturated carbocycles. The van der Waals surface area contributed by atoms with Crippen LogP contribution in [0.2, 0.25) is 0 Å². The summed E-state index contributed by atoms with van der Waals surface area (Å²) in [5, 5.41) is 3.50. The van der Waals surface area contributed by atoms with E-state index in [1.54, 1.807) is 0 Å². The van der Waals surface area contributed by atoms with Crippen LogP contribution in [0.1, 0.15) is 47.6 Å². The molecule has 0 atom stereocenters. The summed E-state index contributed by atoms with van der Waals surface area (Å²) in [6, 6.07) is 23.8. The van der Waals surface area contributed by atoms with Crippen LogP contribution >= 0.6 is 0 Å². The molecule has 1 amide bonds. The number of carbonyl (C=O) groups excluding carboxylic acids is 1. The second-order valence-electron chi connectivity index (χ2n) is 9.07. The normalized spacial score (nSPS) is 14.8. The molecule has 3 aromatic rings. The first kappa shape index (κ1) is 20.8. The molecule has 1 heterocycles. The Morgan fingerprint density at radius 2 is 1.69 bits per heavy atom. The molecule has 0 fully saturated rings. The van der Waals surface area contributed by atoms with Gasteiger partial charge >= 0.3 is 6.09 Å². The molecule has 0 unspecified atom stereocenters. The van der Waals surface area contributed by atoms with Crippen LogP contribution in [0.25, 0.3) is 11.1 Å². The van der Waals surface area contributed by atoms with Crippen LogP contribution in [0.5, 0.6) is 0 Å². The van der Waals surface area contributed by atoms with E-state index < -0.39 is 0 Å². The highest BCUT2D eigenvalue weighted by Crippen LogP contribution is 2.44. The first-order valence-corrected chi connectivity index (χ1v) is 11.5. The number of rotatable bonds is 5. The Morgan fingerprint density at radius 3 is 2.38 bits per heavy atom. The highest BCUT2D eigenvalue weighted by atomic mass is 16.6. The molecular formula is C28H30N2O2. The van der Waals surface area contributed by atoms with Crippen LogP contribution < -0.4 is 5.32 Å². The van der Waals surface area contributed by atoms with Gasteiger partial charge in [0.15, 0.2) is 0 Å². The summed E-state index contributed by atoms with van der Waals surface area (Å²) in [6.07, 6.45) is 0.652. The second-order valence-corrected chi connectivity index (χ2v) is 9.07. The highest BCUT2D eigenvalue weighted by Gasteiger charge is 2.30. The fourth-order valence-electron chi connectivity index (χ4n) is 4.97. The Morgan fingerprint density at radius 1 is 1.00 bits per heavy atom. The van der Waals surface area contributed by atoms with Crippen molar-refractivity contribution < 1.29 is 9.53 Å². The van der Waals surface area contributed by atoms with Gasteiger partial charge in [-0.1, -0.05) is 80.6 Å². The number of amides is 1. The third kappa shape index (κ3) is 3.91. The van der Waals surface area contributed by atoms with E-state index in [9.17, 15) is 4.79 Å². The summed E-state index contributed by atoms with van der Waals surface area (Å²) in [6.45, 7) is 6.80.